The molecule has 41 heavy (non-hydrogen) atoms. The van der Waals surface area contributed by atoms with Crippen molar-refractivity contribution >= 4 is 73.3 Å². The van der Waals surface area contributed by atoms with Gasteiger partial charge in [-0.05, 0) is 96.5 Å². The summed E-state index contributed by atoms with van der Waals surface area (Å²) < 4.78 is 29.7. The Kier molecular flexibility index (Phi) is 11.0. The molecular formula is C30H32Cl2IN3O4S. The third-order valence-corrected chi connectivity index (χ3v) is 10.4. The molecule has 218 valence electrons. The predicted molar refractivity (Wildman–Crippen MR) is 172 cm³/mol. The van der Waals surface area contributed by atoms with Gasteiger partial charge >= 0.3 is 0 Å². The highest BCUT2D eigenvalue weighted by atomic mass is 127. The van der Waals surface area contributed by atoms with Crippen LogP contribution in [0.5, 0.6) is 0 Å². The fraction of sp³-hybridized carbons (Fsp3) is 0.333. The van der Waals surface area contributed by atoms with Gasteiger partial charge in [0.15, 0.2) is 0 Å². The molecule has 1 fully saturated rings. The van der Waals surface area contributed by atoms with E-state index in [-0.39, 0.29) is 23.4 Å². The number of amides is 2. The second-order valence-corrected chi connectivity index (χ2v) is 14.0. The molecule has 1 atom stereocenters. The lowest BCUT2D eigenvalue weighted by molar-refractivity contribution is -0.139. The van der Waals surface area contributed by atoms with Crippen LogP contribution in [-0.2, 0) is 26.2 Å². The quantitative estimate of drug-likeness (QED) is 0.237. The molecule has 0 bridgehead atoms. The molecular weight excluding hydrogens is 696 g/mol. The van der Waals surface area contributed by atoms with Crippen LogP contribution in [0.1, 0.15) is 44.6 Å². The molecule has 3 aromatic carbocycles. The van der Waals surface area contributed by atoms with Crippen LogP contribution in [-0.4, -0.2) is 43.8 Å². The van der Waals surface area contributed by atoms with Crippen molar-refractivity contribution in [3.63, 3.8) is 0 Å². The summed E-state index contributed by atoms with van der Waals surface area (Å²) in [4.78, 5) is 28.9. The van der Waals surface area contributed by atoms with Gasteiger partial charge in [-0.15, -0.1) is 0 Å². The van der Waals surface area contributed by atoms with Crippen molar-refractivity contribution in [2.75, 3.05) is 10.8 Å². The van der Waals surface area contributed by atoms with Crippen LogP contribution >= 0.6 is 45.8 Å². The van der Waals surface area contributed by atoms with Gasteiger partial charge in [-0.2, -0.15) is 0 Å². The van der Waals surface area contributed by atoms with Gasteiger partial charge in [0.2, 0.25) is 11.8 Å². The Labute approximate surface area is 265 Å². The third-order valence-electron chi connectivity index (χ3n) is 7.18. The minimum atomic E-state index is -4.11. The number of hydrogen-bond donors (Lipinski definition) is 1. The van der Waals surface area contributed by atoms with Crippen molar-refractivity contribution in [3.8, 4) is 0 Å². The first kappa shape index (κ1) is 31.6. The number of benzene rings is 3. The molecule has 0 radical (unpaired) electrons. The van der Waals surface area contributed by atoms with Crippen molar-refractivity contribution in [2.45, 2.75) is 62.6 Å². The normalized spacial score (nSPS) is 14.7. The zero-order valence-corrected chi connectivity index (χ0v) is 27.1. The first-order chi connectivity index (χ1) is 19.6. The summed E-state index contributed by atoms with van der Waals surface area (Å²) in [6.45, 7) is 1.20. The smallest absolute Gasteiger partial charge is 0.264 e. The Morgan fingerprint density at radius 3 is 2.24 bits per heavy atom. The van der Waals surface area contributed by atoms with E-state index in [1.807, 2.05) is 0 Å². The summed E-state index contributed by atoms with van der Waals surface area (Å²) >= 11 is 14.5. The Hall–Kier alpha value is -2.34. The number of rotatable bonds is 10. The number of anilines is 1. The number of hydrogen-bond acceptors (Lipinski definition) is 4. The van der Waals surface area contributed by atoms with Crippen LogP contribution in [0, 0.1) is 3.57 Å². The van der Waals surface area contributed by atoms with Crippen LogP contribution < -0.4 is 9.62 Å². The van der Waals surface area contributed by atoms with E-state index in [1.165, 1.54) is 17.0 Å². The maximum absolute atomic E-state index is 14.0. The topological polar surface area (TPSA) is 86.8 Å². The molecule has 4 rings (SSSR count). The highest BCUT2D eigenvalue weighted by Crippen LogP contribution is 2.27. The van der Waals surface area contributed by atoms with Crippen LogP contribution in [0.4, 0.5) is 5.69 Å². The second kappa shape index (κ2) is 14.2. The maximum atomic E-state index is 14.0. The lowest BCUT2D eigenvalue weighted by atomic mass is 9.95. The Balaban J connectivity index is 1.67. The fourth-order valence-electron chi connectivity index (χ4n) is 4.84. The average Bonchev–Trinajstić information content (AvgIpc) is 2.97. The number of carbonyl (C=O) groups is 2. The van der Waals surface area contributed by atoms with Crippen LogP contribution in [0.15, 0.2) is 77.7 Å². The lowest BCUT2D eigenvalue weighted by Crippen LogP contribution is -2.53. The molecule has 0 saturated heterocycles. The standard InChI is InChI=1S/C30H32Cl2IN3O4S/c1-21(30(38)34-24-8-4-2-5-9-24)35(19-22-12-17-27(31)28(32)18-22)29(37)20-36(25-15-13-23(33)14-16-25)41(39,40)26-10-6-3-7-11-26/h3,6-7,10-18,21,24H,2,4-5,8-9,19-20H2,1H3,(H,34,38). The first-order valence-corrected chi connectivity index (χ1v) is 16.7. The van der Waals surface area contributed by atoms with Crippen molar-refractivity contribution in [1.82, 2.24) is 10.2 Å². The van der Waals surface area contributed by atoms with E-state index in [2.05, 4.69) is 27.9 Å². The van der Waals surface area contributed by atoms with Gasteiger partial charge in [-0.25, -0.2) is 8.42 Å². The summed E-state index contributed by atoms with van der Waals surface area (Å²) in [7, 11) is -4.11. The lowest BCUT2D eigenvalue weighted by Gasteiger charge is -2.33. The van der Waals surface area contributed by atoms with Gasteiger partial charge in [-0.3, -0.25) is 13.9 Å². The number of nitrogens with one attached hydrogen (secondary N) is 1. The molecule has 0 heterocycles. The van der Waals surface area contributed by atoms with Gasteiger partial charge in [0.1, 0.15) is 12.6 Å². The second-order valence-electron chi connectivity index (χ2n) is 10.1. The number of carbonyl (C=O) groups excluding carboxylic acids is 2. The SMILES string of the molecule is CC(C(=O)NC1CCCCC1)N(Cc1ccc(Cl)c(Cl)c1)C(=O)CN(c1ccc(I)cc1)S(=O)(=O)c1ccccc1. The summed E-state index contributed by atoms with van der Waals surface area (Å²) in [6.07, 6.45) is 5.04. The van der Waals surface area contributed by atoms with Crippen LogP contribution in [0.2, 0.25) is 10.0 Å². The fourth-order valence-corrected chi connectivity index (χ4v) is 6.96. The zero-order chi connectivity index (χ0) is 29.6. The number of nitrogens with zero attached hydrogens (tertiary/aromatic N) is 2. The molecule has 11 heteroatoms. The molecule has 1 saturated carbocycles. The summed E-state index contributed by atoms with van der Waals surface area (Å²) in [6, 6.07) is 19.1. The predicted octanol–water partition coefficient (Wildman–Crippen LogP) is 6.66. The molecule has 7 nitrogen and oxygen atoms in total. The van der Waals surface area contributed by atoms with Crippen molar-refractivity contribution in [1.29, 1.82) is 0 Å². The molecule has 1 N–H and O–H groups in total. The summed E-state index contributed by atoms with van der Waals surface area (Å²) in [5, 5.41) is 3.79. The molecule has 0 spiro atoms. The molecule has 2 amide bonds. The van der Waals surface area contributed by atoms with Gasteiger partial charge in [0.25, 0.3) is 10.0 Å². The number of halogens is 3. The Bertz CT molecular complexity index is 1470. The first-order valence-electron chi connectivity index (χ1n) is 13.4. The maximum Gasteiger partial charge on any atom is 0.264 e. The third kappa shape index (κ3) is 8.15. The van der Waals surface area contributed by atoms with Gasteiger partial charge in [0.05, 0.1) is 20.6 Å². The average molecular weight is 728 g/mol. The molecule has 0 aromatic heterocycles. The van der Waals surface area contributed by atoms with Crippen LogP contribution in [0.3, 0.4) is 0 Å². The Morgan fingerprint density at radius 2 is 1.61 bits per heavy atom. The van der Waals surface area contributed by atoms with E-state index in [1.54, 1.807) is 67.6 Å². The molecule has 1 aliphatic carbocycles. The molecule has 3 aromatic rings. The highest BCUT2D eigenvalue weighted by molar-refractivity contribution is 14.1. The van der Waals surface area contributed by atoms with E-state index >= 15 is 0 Å². The highest BCUT2D eigenvalue weighted by Gasteiger charge is 2.33. The van der Waals surface area contributed by atoms with Crippen molar-refractivity contribution < 1.29 is 18.0 Å². The zero-order valence-electron chi connectivity index (χ0n) is 22.6. The summed E-state index contributed by atoms with van der Waals surface area (Å²) in [5.74, 6) is -0.808. The van der Waals surface area contributed by atoms with Crippen molar-refractivity contribution in [3.05, 3.63) is 92.0 Å². The Morgan fingerprint density at radius 1 is 0.951 bits per heavy atom. The van der Waals surface area contributed by atoms with E-state index in [0.29, 0.717) is 21.3 Å². The minimum Gasteiger partial charge on any atom is -0.352 e. The molecule has 0 aliphatic heterocycles. The van der Waals surface area contributed by atoms with Gasteiger partial charge in [0, 0.05) is 16.2 Å². The van der Waals surface area contributed by atoms with Gasteiger partial charge in [-0.1, -0.05) is 66.7 Å². The van der Waals surface area contributed by atoms with Crippen LogP contribution in [0.25, 0.3) is 0 Å². The monoisotopic (exact) mass is 727 g/mol. The van der Waals surface area contributed by atoms with E-state index in [0.717, 1.165) is 40.0 Å². The van der Waals surface area contributed by atoms with Crippen molar-refractivity contribution in [2.24, 2.45) is 0 Å². The molecule has 1 unspecified atom stereocenters. The van der Waals surface area contributed by atoms with E-state index in [9.17, 15) is 18.0 Å². The van der Waals surface area contributed by atoms with E-state index in [4.69, 9.17) is 23.2 Å². The summed E-state index contributed by atoms with van der Waals surface area (Å²) in [5.41, 5.74) is 1.01. The minimum absolute atomic E-state index is 0.0425. The number of sulfonamides is 1. The van der Waals surface area contributed by atoms with E-state index < -0.39 is 28.5 Å². The molecule has 1 aliphatic rings. The largest absolute Gasteiger partial charge is 0.352 e. The van der Waals surface area contributed by atoms with Gasteiger partial charge < -0.3 is 10.2 Å².